The van der Waals surface area contributed by atoms with Gasteiger partial charge in [-0.1, -0.05) is 48.5 Å². The van der Waals surface area contributed by atoms with Crippen molar-refractivity contribution < 1.29 is 4.74 Å². The minimum Gasteiger partial charge on any atom is -0.488 e. The lowest BCUT2D eigenvalue weighted by Crippen LogP contribution is -2.39. The Labute approximate surface area is 119 Å². The predicted octanol–water partition coefficient (Wildman–Crippen LogP) is 3.49. The van der Waals surface area contributed by atoms with Gasteiger partial charge >= 0.3 is 0 Å². The van der Waals surface area contributed by atoms with Crippen LogP contribution in [0.4, 0.5) is 0 Å². The summed E-state index contributed by atoms with van der Waals surface area (Å²) < 4.78 is 6.30. The van der Waals surface area contributed by atoms with Gasteiger partial charge in [0.25, 0.3) is 0 Å². The number of hydrogen-bond acceptors (Lipinski definition) is 2. The van der Waals surface area contributed by atoms with E-state index in [1.54, 1.807) is 0 Å². The fraction of sp³-hybridized carbons (Fsp3) is 0.333. The Morgan fingerprint density at radius 3 is 2.35 bits per heavy atom. The molecule has 2 aliphatic rings. The van der Waals surface area contributed by atoms with Crippen molar-refractivity contribution in [1.29, 1.82) is 0 Å². The van der Waals surface area contributed by atoms with Crippen molar-refractivity contribution in [3.8, 4) is 5.75 Å². The van der Waals surface area contributed by atoms with Gasteiger partial charge in [-0.15, -0.1) is 0 Å². The molecule has 1 heterocycles. The maximum atomic E-state index is 6.30. The van der Waals surface area contributed by atoms with Crippen molar-refractivity contribution >= 4 is 0 Å². The number of hydrogen-bond donors (Lipinski definition) is 1. The summed E-state index contributed by atoms with van der Waals surface area (Å²) in [6, 6.07) is 21.5. The van der Waals surface area contributed by atoms with Crippen molar-refractivity contribution in [3.63, 3.8) is 0 Å². The van der Waals surface area contributed by atoms with Crippen molar-refractivity contribution in [2.24, 2.45) is 0 Å². The second-order valence-electron chi connectivity index (χ2n) is 5.78. The first-order valence-electron chi connectivity index (χ1n) is 7.44. The smallest absolute Gasteiger partial charge is 0.122 e. The van der Waals surface area contributed by atoms with E-state index < -0.39 is 0 Å². The maximum absolute atomic E-state index is 6.30. The molecule has 3 atom stereocenters. The largest absolute Gasteiger partial charge is 0.488 e. The fourth-order valence-corrected chi connectivity index (χ4v) is 3.60. The highest BCUT2D eigenvalue weighted by Crippen LogP contribution is 2.49. The summed E-state index contributed by atoms with van der Waals surface area (Å²) in [5.41, 5.74) is 1.40. The standard InChI is InChI=1S/C18H19NO/c1-3-8-14(9-4-1)18-16(19-18)12-7-13-17(18)20-15-10-5-2-6-11-15/h1-6,8-11,16-17,19H,7,12-13H2. The van der Waals surface area contributed by atoms with Crippen molar-refractivity contribution in [2.45, 2.75) is 36.9 Å². The summed E-state index contributed by atoms with van der Waals surface area (Å²) in [4.78, 5) is 0. The molecule has 0 amide bonds. The molecule has 1 aliphatic carbocycles. The van der Waals surface area contributed by atoms with Crippen LogP contribution in [0.15, 0.2) is 60.7 Å². The monoisotopic (exact) mass is 265 g/mol. The first-order chi connectivity index (χ1) is 9.89. The van der Waals surface area contributed by atoms with Gasteiger partial charge in [0.05, 0.1) is 5.54 Å². The van der Waals surface area contributed by atoms with Crippen LogP contribution >= 0.6 is 0 Å². The van der Waals surface area contributed by atoms with Gasteiger partial charge in [0.15, 0.2) is 0 Å². The molecule has 2 aromatic rings. The van der Waals surface area contributed by atoms with Crippen molar-refractivity contribution in [3.05, 3.63) is 66.2 Å². The molecule has 0 bridgehead atoms. The number of rotatable bonds is 3. The Hall–Kier alpha value is -1.80. The summed E-state index contributed by atoms with van der Waals surface area (Å²) in [5, 5.41) is 3.71. The number of benzene rings is 2. The molecule has 3 unspecified atom stereocenters. The Morgan fingerprint density at radius 2 is 1.60 bits per heavy atom. The normalized spacial score (nSPS) is 31.4. The molecular formula is C18H19NO. The zero-order valence-corrected chi connectivity index (χ0v) is 11.5. The predicted molar refractivity (Wildman–Crippen MR) is 79.8 cm³/mol. The topological polar surface area (TPSA) is 31.2 Å². The molecule has 1 saturated heterocycles. The SMILES string of the molecule is c1ccc(OC2CCCC3NC32c2ccccc2)cc1. The number of ether oxygens (including phenoxy) is 1. The number of fused-ring (bicyclic) bond motifs is 1. The number of nitrogens with one attached hydrogen (secondary N) is 1. The second-order valence-corrected chi connectivity index (χ2v) is 5.78. The van der Waals surface area contributed by atoms with E-state index in [-0.39, 0.29) is 11.6 Å². The van der Waals surface area contributed by atoms with Crippen LogP contribution in [0.25, 0.3) is 0 Å². The molecule has 0 spiro atoms. The van der Waals surface area contributed by atoms with Crippen molar-refractivity contribution in [1.82, 2.24) is 5.32 Å². The molecular weight excluding hydrogens is 246 g/mol. The summed E-state index contributed by atoms with van der Waals surface area (Å²) in [6.45, 7) is 0. The fourth-order valence-electron chi connectivity index (χ4n) is 3.60. The molecule has 4 rings (SSSR count). The Bertz CT molecular complexity index is 583. The Kier molecular flexibility index (Phi) is 2.78. The molecule has 102 valence electrons. The molecule has 20 heavy (non-hydrogen) atoms. The van der Waals surface area contributed by atoms with Gasteiger partial charge < -0.3 is 4.74 Å². The molecule has 2 heteroatoms. The summed E-state index contributed by atoms with van der Waals surface area (Å²) in [7, 11) is 0. The van der Waals surface area contributed by atoms with Crippen LogP contribution in [-0.4, -0.2) is 12.1 Å². The van der Waals surface area contributed by atoms with Gasteiger partial charge in [0.2, 0.25) is 0 Å². The van der Waals surface area contributed by atoms with E-state index >= 15 is 0 Å². The second kappa shape index (κ2) is 4.64. The third-order valence-corrected chi connectivity index (χ3v) is 4.62. The van der Waals surface area contributed by atoms with E-state index in [0.29, 0.717) is 6.04 Å². The van der Waals surface area contributed by atoms with Crippen LogP contribution in [0.1, 0.15) is 24.8 Å². The van der Waals surface area contributed by atoms with E-state index in [4.69, 9.17) is 4.74 Å². The van der Waals surface area contributed by atoms with E-state index in [1.165, 1.54) is 18.4 Å². The summed E-state index contributed by atoms with van der Waals surface area (Å²) in [6.07, 6.45) is 3.84. The lowest BCUT2D eigenvalue weighted by molar-refractivity contribution is 0.125. The molecule has 2 aromatic carbocycles. The molecule has 1 saturated carbocycles. The zero-order valence-electron chi connectivity index (χ0n) is 11.5. The van der Waals surface area contributed by atoms with Crippen LogP contribution in [0.5, 0.6) is 5.75 Å². The molecule has 2 nitrogen and oxygen atoms in total. The minimum atomic E-state index is 0.0371. The molecule has 1 N–H and O–H groups in total. The van der Waals surface area contributed by atoms with Gasteiger partial charge in [-0.2, -0.15) is 0 Å². The molecule has 1 aliphatic heterocycles. The maximum Gasteiger partial charge on any atom is 0.122 e. The van der Waals surface area contributed by atoms with E-state index in [2.05, 4.69) is 35.6 Å². The van der Waals surface area contributed by atoms with Crippen LogP contribution in [-0.2, 0) is 5.54 Å². The Morgan fingerprint density at radius 1 is 0.900 bits per heavy atom. The van der Waals surface area contributed by atoms with Crippen molar-refractivity contribution in [2.75, 3.05) is 0 Å². The third kappa shape index (κ3) is 1.83. The summed E-state index contributed by atoms with van der Waals surface area (Å²) >= 11 is 0. The third-order valence-electron chi connectivity index (χ3n) is 4.62. The highest BCUT2D eigenvalue weighted by atomic mass is 16.5. The van der Waals surface area contributed by atoms with Crippen LogP contribution < -0.4 is 10.1 Å². The van der Waals surface area contributed by atoms with E-state index in [0.717, 1.165) is 12.2 Å². The first kappa shape index (κ1) is 12.0. The molecule has 2 fully saturated rings. The lowest BCUT2D eigenvalue weighted by atomic mass is 9.81. The van der Waals surface area contributed by atoms with Gasteiger partial charge in [0, 0.05) is 6.04 Å². The molecule has 0 aromatic heterocycles. The minimum absolute atomic E-state index is 0.0371. The first-order valence-corrected chi connectivity index (χ1v) is 7.44. The average molecular weight is 265 g/mol. The molecule has 0 radical (unpaired) electrons. The Balaban J connectivity index is 1.65. The van der Waals surface area contributed by atoms with Crippen LogP contribution in [0.2, 0.25) is 0 Å². The van der Waals surface area contributed by atoms with Crippen LogP contribution in [0.3, 0.4) is 0 Å². The number of para-hydroxylation sites is 1. The zero-order chi connectivity index (χ0) is 13.4. The van der Waals surface area contributed by atoms with E-state index in [1.807, 2.05) is 30.3 Å². The highest BCUT2D eigenvalue weighted by molar-refractivity contribution is 5.38. The van der Waals surface area contributed by atoms with Crippen LogP contribution in [0, 0.1) is 0 Å². The van der Waals surface area contributed by atoms with Gasteiger partial charge in [0.1, 0.15) is 11.9 Å². The van der Waals surface area contributed by atoms with Gasteiger partial charge in [-0.3, -0.25) is 5.32 Å². The summed E-state index contributed by atoms with van der Waals surface area (Å²) in [5.74, 6) is 0.974. The van der Waals surface area contributed by atoms with Gasteiger partial charge in [-0.05, 0) is 37.0 Å². The highest BCUT2D eigenvalue weighted by Gasteiger charge is 2.62. The van der Waals surface area contributed by atoms with Gasteiger partial charge in [-0.25, -0.2) is 0 Å². The lowest BCUT2D eigenvalue weighted by Gasteiger charge is -2.31. The quantitative estimate of drug-likeness (QED) is 0.861. The average Bonchev–Trinajstić information content (AvgIpc) is 3.26. The van der Waals surface area contributed by atoms with E-state index in [9.17, 15) is 0 Å².